The van der Waals surface area contributed by atoms with Gasteiger partial charge in [-0.1, -0.05) is 23.7 Å². The van der Waals surface area contributed by atoms with Crippen LogP contribution in [0.25, 0.3) is 5.65 Å². The first-order valence-corrected chi connectivity index (χ1v) is 11.6. The quantitative estimate of drug-likeness (QED) is 0.660. The van der Waals surface area contributed by atoms with Gasteiger partial charge in [-0.2, -0.15) is 0 Å². The molecule has 3 heterocycles. The van der Waals surface area contributed by atoms with Crippen molar-refractivity contribution in [3.8, 4) is 0 Å². The topological polar surface area (TPSA) is 92.6 Å². The lowest BCUT2D eigenvalue weighted by molar-refractivity contribution is 0.102. The first-order chi connectivity index (χ1) is 13.8. The van der Waals surface area contributed by atoms with Gasteiger partial charge in [0.1, 0.15) is 11.3 Å². The predicted octanol–water partition coefficient (Wildman–Crippen LogP) is 3.11. The molecule has 152 valence electrons. The number of aromatic nitrogens is 2. The van der Waals surface area contributed by atoms with Crippen molar-refractivity contribution in [3.05, 3.63) is 59.0 Å². The number of piperidine rings is 1. The first-order valence-electron chi connectivity index (χ1n) is 9.32. The smallest absolute Gasteiger partial charge is 0.274 e. The molecule has 0 saturated carbocycles. The van der Waals surface area contributed by atoms with Crippen molar-refractivity contribution in [3.63, 3.8) is 0 Å². The highest BCUT2D eigenvalue weighted by molar-refractivity contribution is 7.90. The number of hydrogen-bond acceptors (Lipinski definition) is 5. The summed E-state index contributed by atoms with van der Waals surface area (Å²) in [5, 5.41) is 6.52. The summed E-state index contributed by atoms with van der Waals surface area (Å²) in [6.45, 7) is 1.66. The van der Waals surface area contributed by atoms with Crippen molar-refractivity contribution in [1.29, 1.82) is 0 Å². The number of nitrogens with one attached hydrogen (secondary N) is 2. The van der Waals surface area contributed by atoms with Gasteiger partial charge in [-0.15, -0.1) is 0 Å². The number of imidazole rings is 1. The normalized spacial score (nSPS) is 15.5. The molecule has 1 saturated heterocycles. The van der Waals surface area contributed by atoms with Gasteiger partial charge in [-0.3, -0.25) is 9.20 Å². The molecule has 2 aromatic heterocycles. The van der Waals surface area contributed by atoms with E-state index in [0.29, 0.717) is 22.1 Å². The van der Waals surface area contributed by atoms with E-state index >= 15 is 0 Å². The molecule has 0 spiro atoms. The summed E-state index contributed by atoms with van der Waals surface area (Å²) in [6, 6.07) is 8.53. The highest BCUT2D eigenvalue weighted by atomic mass is 35.5. The number of benzene rings is 1. The molecule has 1 aliphatic rings. The number of carbonyl (C=O) groups excluding carboxylic acids is 1. The van der Waals surface area contributed by atoms with E-state index in [4.69, 9.17) is 11.6 Å². The minimum atomic E-state index is -3.43. The van der Waals surface area contributed by atoms with Crippen LogP contribution in [0.2, 0.25) is 5.02 Å². The Bertz CT molecular complexity index is 1180. The van der Waals surface area contributed by atoms with Crippen molar-refractivity contribution in [2.45, 2.75) is 23.7 Å². The van der Waals surface area contributed by atoms with Crippen LogP contribution in [0.3, 0.4) is 0 Å². The summed E-state index contributed by atoms with van der Waals surface area (Å²) in [5.74, 6) is -0.263. The van der Waals surface area contributed by atoms with Crippen LogP contribution in [0.1, 0.15) is 34.8 Å². The fourth-order valence-electron chi connectivity index (χ4n) is 3.70. The molecule has 9 heteroatoms. The number of fused-ring (bicyclic) bond motifs is 1. The standard InChI is InChI=1S/C20H21ClN4O3S/c1-29(27,28)18-10-19-23-11-17(20(26)24-16-5-3-2-4-15(16)21)25(19)12-14(18)13-6-8-22-9-7-13/h2-5,10-13,22H,6-9H2,1H3,(H,24,26). The summed E-state index contributed by atoms with van der Waals surface area (Å²) >= 11 is 6.14. The first kappa shape index (κ1) is 19.9. The number of sulfone groups is 1. The fourth-order valence-corrected chi connectivity index (χ4v) is 4.85. The van der Waals surface area contributed by atoms with Crippen LogP contribution in [0.15, 0.2) is 47.6 Å². The second-order valence-electron chi connectivity index (χ2n) is 7.20. The van der Waals surface area contributed by atoms with Gasteiger partial charge < -0.3 is 10.6 Å². The largest absolute Gasteiger partial charge is 0.319 e. The highest BCUT2D eigenvalue weighted by Crippen LogP contribution is 2.32. The third kappa shape index (κ3) is 4.01. The second kappa shape index (κ2) is 7.78. The molecule has 0 atom stereocenters. The zero-order chi connectivity index (χ0) is 20.6. The molecule has 0 bridgehead atoms. The van der Waals surface area contributed by atoms with Gasteiger partial charge in [0.25, 0.3) is 5.91 Å². The third-order valence-electron chi connectivity index (χ3n) is 5.17. The summed E-state index contributed by atoms with van der Waals surface area (Å²) in [5.41, 5.74) is 1.95. The van der Waals surface area contributed by atoms with Crippen LogP contribution >= 0.6 is 11.6 Å². The monoisotopic (exact) mass is 432 g/mol. The summed E-state index contributed by atoms with van der Waals surface area (Å²) < 4.78 is 26.5. The third-order valence-corrected chi connectivity index (χ3v) is 6.65. The van der Waals surface area contributed by atoms with E-state index in [0.717, 1.165) is 31.5 Å². The van der Waals surface area contributed by atoms with Crippen LogP contribution in [0.5, 0.6) is 0 Å². The number of para-hydroxylation sites is 1. The molecular formula is C20H21ClN4O3S. The van der Waals surface area contributed by atoms with Gasteiger partial charge in [0, 0.05) is 18.5 Å². The van der Waals surface area contributed by atoms with Crippen molar-refractivity contribution in [1.82, 2.24) is 14.7 Å². The molecular weight excluding hydrogens is 412 g/mol. The highest BCUT2D eigenvalue weighted by Gasteiger charge is 2.25. The zero-order valence-electron chi connectivity index (χ0n) is 15.9. The summed E-state index contributed by atoms with van der Waals surface area (Å²) in [7, 11) is -3.43. The van der Waals surface area contributed by atoms with Gasteiger partial charge in [0.15, 0.2) is 9.84 Å². The molecule has 1 amide bonds. The fraction of sp³-hybridized carbons (Fsp3) is 0.300. The SMILES string of the molecule is CS(=O)(=O)c1cc2ncc(C(=O)Nc3ccccc3Cl)n2cc1C1CCNCC1. The number of pyridine rings is 1. The van der Waals surface area contributed by atoms with E-state index in [1.165, 1.54) is 12.5 Å². The van der Waals surface area contributed by atoms with Gasteiger partial charge in [-0.25, -0.2) is 13.4 Å². The van der Waals surface area contributed by atoms with Crippen molar-refractivity contribution < 1.29 is 13.2 Å². The second-order valence-corrected chi connectivity index (χ2v) is 9.59. The Labute approximate surface area is 174 Å². The molecule has 2 N–H and O–H groups in total. The summed E-state index contributed by atoms with van der Waals surface area (Å²) in [6.07, 6.45) is 6.07. The van der Waals surface area contributed by atoms with Crippen LogP contribution in [0.4, 0.5) is 5.69 Å². The van der Waals surface area contributed by atoms with Gasteiger partial charge in [0.05, 0.1) is 21.8 Å². The molecule has 7 nitrogen and oxygen atoms in total. The van der Waals surface area contributed by atoms with Crippen molar-refractivity contribution in [2.24, 2.45) is 0 Å². The number of amides is 1. The average molecular weight is 433 g/mol. The lowest BCUT2D eigenvalue weighted by Gasteiger charge is -2.25. The molecule has 1 aliphatic heterocycles. The minimum Gasteiger partial charge on any atom is -0.319 e. The predicted molar refractivity (Wildman–Crippen MR) is 113 cm³/mol. The van der Waals surface area contributed by atoms with Gasteiger partial charge in [-0.05, 0) is 49.5 Å². The van der Waals surface area contributed by atoms with E-state index in [-0.39, 0.29) is 16.7 Å². The van der Waals surface area contributed by atoms with E-state index in [2.05, 4.69) is 15.6 Å². The Morgan fingerprint density at radius 3 is 2.69 bits per heavy atom. The maximum atomic E-state index is 12.9. The Balaban J connectivity index is 1.79. The molecule has 0 radical (unpaired) electrons. The Morgan fingerprint density at radius 2 is 2.00 bits per heavy atom. The summed E-state index contributed by atoms with van der Waals surface area (Å²) in [4.78, 5) is 17.4. The molecule has 0 aliphatic carbocycles. The van der Waals surface area contributed by atoms with Crippen molar-refractivity contribution in [2.75, 3.05) is 24.7 Å². The van der Waals surface area contributed by atoms with E-state index < -0.39 is 9.84 Å². The number of anilines is 1. The Hall–Kier alpha value is -2.42. The Morgan fingerprint density at radius 1 is 1.28 bits per heavy atom. The molecule has 3 aromatic rings. The van der Waals surface area contributed by atoms with E-state index in [1.807, 2.05) is 0 Å². The molecule has 4 rings (SSSR count). The maximum Gasteiger partial charge on any atom is 0.274 e. The van der Waals surface area contributed by atoms with Crippen LogP contribution in [-0.2, 0) is 9.84 Å². The lowest BCUT2D eigenvalue weighted by Crippen LogP contribution is -2.27. The van der Waals surface area contributed by atoms with E-state index in [9.17, 15) is 13.2 Å². The molecule has 0 unspecified atom stereocenters. The van der Waals surface area contributed by atoms with Crippen LogP contribution in [-0.4, -0.2) is 43.1 Å². The Kier molecular flexibility index (Phi) is 5.33. The van der Waals surface area contributed by atoms with Crippen LogP contribution in [0, 0.1) is 0 Å². The van der Waals surface area contributed by atoms with Gasteiger partial charge >= 0.3 is 0 Å². The maximum absolute atomic E-state index is 12.9. The minimum absolute atomic E-state index is 0.104. The average Bonchev–Trinajstić information content (AvgIpc) is 3.12. The van der Waals surface area contributed by atoms with E-state index in [1.54, 1.807) is 40.9 Å². The number of nitrogens with zero attached hydrogens (tertiary/aromatic N) is 2. The molecule has 29 heavy (non-hydrogen) atoms. The number of halogens is 1. The number of carbonyl (C=O) groups is 1. The van der Waals surface area contributed by atoms with Crippen molar-refractivity contribution >= 4 is 38.7 Å². The number of rotatable bonds is 4. The number of hydrogen-bond donors (Lipinski definition) is 2. The zero-order valence-corrected chi connectivity index (χ0v) is 17.4. The van der Waals surface area contributed by atoms with Gasteiger partial charge in [0.2, 0.25) is 0 Å². The van der Waals surface area contributed by atoms with Crippen LogP contribution < -0.4 is 10.6 Å². The lowest BCUT2D eigenvalue weighted by atomic mass is 9.91. The molecule has 1 fully saturated rings. The molecule has 1 aromatic carbocycles.